The quantitative estimate of drug-likeness (QED) is 0.819. The van der Waals surface area contributed by atoms with Crippen molar-refractivity contribution in [1.29, 1.82) is 0 Å². The molecular weight excluding hydrogens is 208 g/mol. The van der Waals surface area contributed by atoms with Crippen molar-refractivity contribution in [3.8, 4) is 0 Å². The Bertz CT molecular complexity index is 318. The van der Waals surface area contributed by atoms with Gasteiger partial charge in [-0.05, 0) is 30.0 Å². The van der Waals surface area contributed by atoms with Gasteiger partial charge in [-0.3, -0.25) is 0 Å². The van der Waals surface area contributed by atoms with Crippen LogP contribution in [-0.2, 0) is 0 Å². The number of halogens is 1. The van der Waals surface area contributed by atoms with E-state index >= 15 is 0 Å². The second-order valence-corrected chi connectivity index (χ2v) is 4.38. The van der Waals surface area contributed by atoms with Crippen molar-refractivity contribution < 1.29 is 5.11 Å². The highest BCUT2D eigenvalue weighted by Gasteiger charge is 2.19. The van der Waals surface area contributed by atoms with Crippen molar-refractivity contribution in [1.82, 2.24) is 0 Å². The van der Waals surface area contributed by atoms with E-state index in [4.69, 9.17) is 11.6 Å². The van der Waals surface area contributed by atoms with Crippen LogP contribution in [-0.4, -0.2) is 5.11 Å². The third-order valence-electron chi connectivity index (χ3n) is 3.12. The van der Waals surface area contributed by atoms with Gasteiger partial charge in [0, 0.05) is 5.02 Å². The van der Waals surface area contributed by atoms with Gasteiger partial charge in [0.05, 0.1) is 6.10 Å². The van der Waals surface area contributed by atoms with Crippen LogP contribution in [0, 0.1) is 12.8 Å². The molecule has 2 heteroatoms. The van der Waals surface area contributed by atoms with E-state index in [1.165, 1.54) is 0 Å². The zero-order valence-corrected chi connectivity index (χ0v) is 10.4. The van der Waals surface area contributed by atoms with Crippen molar-refractivity contribution in [3.05, 3.63) is 34.3 Å². The molecule has 1 aromatic rings. The van der Waals surface area contributed by atoms with E-state index in [2.05, 4.69) is 13.8 Å². The average Bonchev–Trinajstić information content (AvgIpc) is 2.23. The largest absolute Gasteiger partial charge is 0.388 e. The molecule has 1 aromatic carbocycles. The van der Waals surface area contributed by atoms with Crippen molar-refractivity contribution in [3.63, 3.8) is 0 Å². The van der Waals surface area contributed by atoms with Crippen LogP contribution in [0.15, 0.2) is 18.2 Å². The number of aliphatic hydroxyl groups excluding tert-OH is 1. The number of hydrogen-bond donors (Lipinski definition) is 1. The molecule has 0 aromatic heterocycles. The monoisotopic (exact) mass is 226 g/mol. The van der Waals surface area contributed by atoms with Crippen LogP contribution in [0.5, 0.6) is 0 Å². The van der Waals surface area contributed by atoms with Crippen LogP contribution in [0.25, 0.3) is 0 Å². The summed E-state index contributed by atoms with van der Waals surface area (Å²) >= 11 is 6.04. The third-order valence-corrected chi connectivity index (χ3v) is 3.53. The van der Waals surface area contributed by atoms with E-state index in [0.29, 0.717) is 5.92 Å². The van der Waals surface area contributed by atoms with Gasteiger partial charge in [0.2, 0.25) is 0 Å². The summed E-state index contributed by atoms with van der Waals surface area (Å²) in [4.78, 5) is 0. The second-order valence-electron chi connectivity index (χ2n) is 3.98. The van der Waals surface area contributed by atoms with Gasteiger partial charge in [0.25, 0.3) is 0 Å². The van der Waals surface area contributed by atoms with Crippen molar-refractivity contribution in [2.24, 2.45) is 5.92 Å². The van der Waals surface area contributed by atoms with Gasteiger partial charge >= 0.3 is 0 Å². The molecule has 1 unspecified atom stereocenters. The molecule has 0 heterocycles. The summed E-state index contributed by atoms with van der Waals surface area (Å²) in [5, 5.41) is 11.0. The molecule has 1 nitrogen and oxygen atoms in total. The van der Waals surface area contributed by atoms with Crippen molar-refractivity contribution in [2.75, 3.05) is 0 Å². The Morgan fingerprint density at radius 2 is 1.87 bits per heavy atom. The van der Waals surface area contributed by atoms with Crippen LogP contribution >= 0.6 is 11.6 Å². The van der Waals surface area contributed by atoms with Gasteiger partial charge in [-0.25, -0.2) is 0 Å². The lowest BCUT2D eigenvalue weighted by Crippen LogP contribution is -2.12. The summed E-state index contributed by atoms with van der Waals surface area (Å²) in [6.45, 7) is 6.18. The van der Waals surface area contributed by atoms with Crippen LogP contribution < -0.4 is 0 Å². The number of benzene rings is 1. The first kappa shape index (κ1) is 12.5. The highest BCUT2D eigenvalue weighted by atomic mass is 35.5. The fourth-order valence-corrected chi connectivity index (χ4v) is 2.12. The number of hydrogen-bond acceptors (Lipinski definition) is 1. The molecule has 84 valence electrons. The molecule has 1 rings (SSSR count). The predicted molar refractivity (Wildman–Crippen MR) is 65.2 cm³/mol. The molecule has 1 N–H and O–H groups in total. The maximum absolute atomic E-state index is 10.2. The zero-order chi connectivity index (χ0) is 11.4. The van der Waals surface area contributed by atoms with Gasteiger partial charge in [0.1, 0.15) is 0 Å². The maximum Gasteiger partial charge on any atom is 0.0821 e. The molecule has 1 atom stereocenters. The molecule has 0 aliphatic rings. The normalized spacial score (nSPS) is 13.2. The summed E-state index contributed by atoms with van der Waals surface area (Å²) in [5.41, 5.74) is 1.97. The fraction of sp³-hybridized carbons (Fsp3) is 0.538. The van der Waals surface area contributed by atoms with E-state index in [-0.39, 0.29) is 0 Å². The Hall–Kier alpha value is -0.530. The first-order valence-electron chi connectivity index (χ1n) is 5.54. The highest BCUT2D eigenvalue weighted by Crippen LogP contribution is 2.31. The van der Waals surface area contributed by atoms with E-state index < -0.39 is 6.10 Å². The predicted octanol–water partition coefficient (Wildman–Crippen LogP) is 4.12. The highest BCUT2D eigenvalue weighted by molar-refractivity contribution is 6.31. The Labute approximate surface area is 97.1 Å². The fourth-order valence-electron chi connectivity index (χ4n) is 1.93. The summed E-state index contributed by atoms with van der Waals surface area (Å²) in [5.74, 6) is 0.321. The van der Waals surface area contributed by atoms with E-state index in [1.807, 2.05) is 25.1 Å². The van der Waals surface area contributed by atoms with E-state index in [1.54, 1.807) is 0 Å². The molecule has 0 bridgehead atoms. The molecule has 0 amide bonds. The smallest absolute Gasteiger partial charge is 0.0821 e. The Morgan fingerprint density at radius 1 is 1.27 bits per heavy atom. The summed E-state index contributed by atoms with van der Waals surface area (Å²) in [6.07, 6.45) is 1.59. The molecule has 0 aliphatic carbocycles. The Kier molecular flexibility index (Phi) is 4.62. The van der Waals surface area contributed by atoms with Gasteiger partial charge in [0.15, 0.2) is 0 Å². The minimum Gasteiger partial charge on any atom is -0.388 e. The van der Waals surface area contributed by atoms with Crippen LogP contribution in [0.2, 0.25) is 5.02 Å². The van der Waals surface area contributed by atoms with Gasteiger partial charge < -0.3 is 5.11 Å². The molecule has 0 spiro atoms. The summed E-state index contributed by atoms with van der Waals surface area (Å²) < 4.78 is 0. The lowest BCUT2D eigenvalue weighted by Gasteiger charge is -2.22. The van der Waals surface area contributed by atoms with Crippen LogP contribution in [0.4, 0.5) is 0 Å². The minimum atomic E-state index is -0.390. The number of rotatable bonds is 4. The van der Waals surface area contributed by atoms with Crippen molar-refractivity contribution >= 4 is 11.6 Å². The van der Waals surface area contributed by atoms with Gasteiger partial charge in [-0.15, -0.1) is 0 Å². The SMILES string of the molecule is CCC(CC)C(O)c1cccc(Cl)c1C. The molecule has 0 radical (unpaired) electrons. The molecule has 0 saturated carbocycles. The van der Waals surface area contributed by atoms with Crippen LogP contribution in [0.1, 0.15) is 43.9 Å². The lowest BCUT2D eigenvalue weighted by atomic mass is 9.89. The standard InChI is InChI=1S/C13H19ClO/c1-4-10(5-2)13(15)11-7-6-8-12(14)9(11)3/h6-8,10,13,15H,4-5H2,1-3H3. The maximum atomic E-state index is 10.2. The molecule has 15 heavy (non-hydrogen) atoms. The Morgan fingerprint density at radius 3 is 2.40 bits per heavy atom. The summed E-state index contributed by atoms with van der Waals surface area (Å²) in [7, 11) is 0. The first-order chi connectivity index (χ1) is 7.11. The zero-order valence-electron chi connectivity index (χ0n) is 9.63. The van der Waals surface area contributed by atoms with Crippen LogP contribution in [0.3, 0.4) is 0 Å². The number of aliphatic hydroxyl groups is 1. The van der Waals surface area contributed by atoms with Gasteiger partial charge in [-0.1, -0.05) is 50.4 Å². The molecule has 0 aliphatic heterocycles. The average molecular weight is 227 g/mol. The summed E-state index contributed by atoms with van der Waals surface area (Å²) in [6, 6.07) is 5.72. The third kappa shape index (κ3) is 2.73. The second kappa shape index (κ2) is 5.53. The molecule has 0 fully saturated rings. The minimum absolute atomic E-state index is 0.321. The molecule has 0 saturated heterocycles. The first-order valence-corrected chi connectivity index (χ1v) is 5.92. The molecular formula is C13H19ClO. The van der Waals surface area contributed by atoms with Crippen molar-refractivity contribution in [2.45, 2.75) is 39.7 Å². The topological polar surface area (TPSA) is 20.2 Å². The van der Waals surface area contributed by atoms with E-state index in [0.717, 1.165) is 29.0 Å². The lowest BCUT2D eigenvalue weighted by molar-refractivity contribution is 0.103. The van der Waals surface area contributed by atoms with E-state index in [9.17, 15) is 5.11 Å². The Balaban J connectivity index is 2.99. The van der Waals surface area contributed by atoms with Gasteiger partial charge in [-0.2, -0.15) is 0 Å².